The molecule has 1 aliphatic heterocycles. The lowest BCUT2D eigenvalue weighted by Crippen LogP contribution is -2.20. The Morgan fingerprint density at radius 2 is 1.14 bits per heavy atom. The Morgan fingerprint density at radius 3 is 1.55 bits per heavy atom. The highest BCUT2D eigenvalue weighted by molar-refractivity contribution is 5.56. The van der Waals surface area contributed by atoms with E-state index in [0.29, 0.717) is 0 Å². The van der Waals surface area contributed by atoms with Crippen molar-refractivity contribution in [1.82, 2.24) is 4.90 Å². The van der Waals surface area contributed by atoms with Gasteiger partial charge in [0.2, 0.25) is 0 Å². The zero-order valence-electron chi connectivity index (χ0n) is 15.2. The van der Waals surface area contributed by atoms with Crippen molar-refractivity contribution in [2.24, 2.45) is 4.99 Å². The molecule has 0 aliphatic carbocycles. The van der Waals surface area contributed by atoms with Gasteiger partial charge in [-0.05, 0) is 6.42 Å². The highest BCUT2D eigenvalue weighted by Crippen LogP contribution is 2.13. The van der Waals surface area contributed by atoms with Crippen LogP contribution in [0.1, 0.15) is 103 Å². The molecule has 0 N–H and O–H groups in total. The molecule has 0 bridgehead atoms. The van der Waals surface area contributed by atoms with Crippen LogP contribution in [0.5, 0.6) is 0 Å². The molecule has 0 fully saturated rings. The predicted molar refractivity (Wildman–Crippen MR) is 99.9 cm³/mol. The van der Waals surface area contributed by atoms with E-state index in [9.17, 15) is 0 Å². The first kappa shape index (κ1) is 19.5. The van der Waals surface area contributed by atoms with Gasteiger partial charge < -0.3 is 4.90 Å². The molecule has 1 heterocycles. The molecule has 1 rings (SSSR count). The topological polar surface area (TPSA) is 15.6 Å². The maximum absolute atomic E-state index is 4.25. The molecular formula is C20H40N2. The summed E-state index contributed by atoms with van der Waals surface area (Å²) in [5.41, 5.74) is 0. The third-order valence-corrected chi connectivity index (χ3v) is 4.81. The molecule has 0 amide bonds. The average molecular weight is 309 g/mol. The summed E-state index contributed by atoms with van der Waals surface area (Å²) in [7, 11) is 0. The van der Waals surface area contributed by atoms with Gasteiger partial charge in [0.05, 0.1) is 12.9 Å². The van der Waals surface area contributed by atoms with Gasteiger partial charge in [-0.3, -0.25) is 4.99 Å². The van der Waals surface area contributed by atoms with E-state index in [2.05, 4.69) is 16.8 Å². The minimum absolute atomic E-state index is 1.01. The molecule has 0 saturated carbocycles. The Balaban J connectivity index is 1.65. The molecule has 0 atom stereocenters. The maximum atomic E-state index is 4.25. The fourth-order valence-corrected chi connectivity index (χ4v) is 3.27. The lowest BCUT2D eigenvalue weighted by Gasteiger charge is -2.12. The number of nitrogens with zero attached hydrogens (tertiary/aromatic N) is 2. The quantitative estimate of drug-likeness (QED) is 0.310. The zero-order chi connectivity index (χ0) is 15.7. The predicted octanol–water partition coefficient (Wildman–Crippen LogP) is 6.20. The molecule has 0 aromatic carbocycles. The van der Waals surface area contributed by atoms with Crippen LogP contribution in [0.3, 0.4) is 0 Å². The van der Waals surface area contributed by atoms with Gasteiger partial charge in [0, 0.05) is 13.1 Å². The third-order valence-electron chi connectivity index (χ3n) is 4.81. The van der Waals surface area contributed by atoms with Crippen LogP contribution >= 0.6 is 0 Å². The Labute approximate surface area is 139 Å². The van der Waals surface area contributed by atoms with Crippen LogP contribution in [-0.4, -0.2) is 30.9 Å². The molecule has 0 aromatic heterocycles. The van der Waals surface area contributed by atoms with E-state index in [4.69, 9.17) is 0 Å². The summed E-state index contributed by atoms with van der Waals surface area (Å²) in [5, 5.41) is 0. The van der Waals surface area contributed by atoms with Crippen molar-refractivity contribution in [2.75, 3.05) is 19.6 Å². The minimum Gasteiger partial charge on any atom is -0.361 e. The van der Waals surface area contributed by atoms with Crippen molar-refractivity contribution in [3.05, 3.63) is 0 Å². The van der Waals surface area contributed by atoms with E-state index in [1.165, 1.54) is 103 Å². The third kappa shape index (κ3) is 12.1. The van der Waals surface area contributed by atoms with Gasteiger partial charge in [-0.15, -0.1) is 0 Å². The molecule has 0 saturated heterocycles. The van der Waals surface area contributed by atoms with Gasteiger partial charge in [0.1, 0.15) is 0 Å². The van der Waals surface area contributed by atoms with E-state index in [1.54, 1.807) is 0 Å². The van der Waals surface area contributed by atoms with Gasteiger partial charge in [-0.25, -0.2) is 0 Å². The highest BCUT2D eigenvalue weighted by atomic mass is 15.2. The van der Waals surface area contributed by atoms with Crippen molar-refractivity contribution in [1.29, 1.82) is 0 Å². The van der Waals surface area contributed by atoms with E-state index < -0.39 is 0 Å². The summed E-state index contributed by atoms with van der Waals surface area (Å²) in [5.74, 6) is 0. The van der Waals surface area contributed by atoms with Crippen molar-refractivity contribution in [2.45, 2.75) is 103 Å². The number of hydrogen-bond acceptors (Lipinski definition) is 2. The lowest BCUT2D eigenvalue weighted by molar-refractivity contribution is 0.438. The van der Waals surface area contributed by atoms with Crippen LogP contribution in [0.2, 0.25) is 0 Å². The molecule has 2 nitrogen and oxygen atoms in total. The van der Waals surface area contributed by atoms with Gasteiger partial charge in [-0.1, -0.05) is 96.8 Å². The van der Waals surface area contributed by atoms with Crippen LogP contribution in [0.4, 0.5) is 0 Å². The fraction of sp³-hybridized carbons (Fsp3) is 0.950. The standard InChI is InChI=1S/C20H40N2/c1-2-3-4-5-6-7-8-9-10-11-12-13-14-15-16-18-22-19-17-21-20-22/h20H,2-19H2,1H3. The average Bonchev–Trinajstić information content (AvgIpc) is 3.04. The van der Waals surface area contributed by atoms with Gasteiger partial charge in [-0.2, -0.15) is 0 Å². The molecule has 0 aromatic rings. The summed E-state index contributed by atoms with van der Waals surface area (Å²) < 4.78 is 0. The van der Waals surface area contributed by atoms with E-state index >= 15 is 0 Å². The van der Waals surface area contributed by atoms with Crippen molar-refractivity contribution >= 4 is 6.34 Å². The van der Waals surface area contributed by atoms with Gasteiger partial charge in [0.25, 0.3) is 0 Å². The summed E-state index contributed by atoms with van der Waals surface area (Å²) >= 11 is 0. The van der Waals surface area contributed by atoms with E-state index in [1.807, 2.05) is 6.34 Å². The second kappa shape index (κ2) is 15.4. The molecular weight excluding hydrogens is 268 g/mol. The lowest BCUT2D eigenvalue weighted by atomic mass is 10.0. The Kier molecular flexibility index (Phi) is 13.6. The summed E-state index contributed by atoms with van der Waals surface area (Å²) in [4.78, 5) is 6.62. The summed E-state index contributed by atoms with van der Waals surface area (Å²) in [6.45, 7) is 5.68. The SMILES string of the molecule is CCCCCCCCCCCCCCCCCN1C=NCC1. The maximum Gasteiger partial charge on any atom is 0.0851 e. The van der Waals surface area contributed by atoms with E-state index in [0.717, 1.165) is 13.1 Å². The zero-order valence-corrected chi connectivity index (χ0v) is 15.2. The summed E-state index contributed by atoms with van der Waals surface area (Å²) in [6, 6.07) is 0. The largest absolute Gasteiger partial charge is 0.361 e. The Bertz CT molecular complexity index is 250. The second-order valence-electron chi connectivity index (χ2n) is 7.01. The van der Waals surface area contributed by atoms with Crippen LogP contribution in [0.15, 0.2) is 4.99 Å². The molecule has 0 spiro atoms. The molecule has 2 heteroatoms. The molecule has 0 unspecified atom stereocenters. The first-order chi connectivity index (χ1) is 10.9. The first-order valence-electron chi connectivity index (χ1n) is 10.2. The number of unbranched alkanes of at least 4 members (excludes halogenated alkanes) is 14. The highest BCUT2D eigenvalue weighted by Gasteiger charge is 2.03. The van der Waals surface area contributed by atoms with Crippen molar-refractivity contribution < 1.29 is 0 Å². The molecule has 22 heavy (non-hydrogen) atoms. The summed E-state index contributed by atoms with van der Waals surface area (Å²) in [6.07, 6.45) is 23.7. The number of hydrogen-bond donors (Lipinski definition) is 0. The monoisotopic (exact) mass is 308 g/mol. The van der Waals surface area contributed by atoms with Crippen molar-refractivity contribution in [3.8, 4) is 0 Å². The first-order valence-corrected chi connectivity index (χ1v) is 10.2. The smallest absolute Gasteiger partial charge is 0.0851 e. The number of rotatable bonds is 16. The molecule has 0 radical (unpaired) electrons. The minimum atomic E-state index is 1.01. The van der Waals surface area contributed by atoms with Gasteiger partial charge >= 0.3 is 0 Å². The van der Waals surface area contributed by atoms with Crippen LogP contribution in [0.25, 0.3) is 0 Å². The van der Waals surface area contributed by atoms with Crippen molar-refractivity contribution in [3.63, 3.8) is 0 Å². The molecule has 130 valence electrons. The van der Waals surface area contributed by atoms with Gasteiger partial charge in [0.15, 0.2) is 0 Å². The van der Waals surface area contributed by atoms with Crippen LogP contribution in [-0.2, 0) is 0 Å². The Hall–Kier alpha value is -0.530. The fourth-order valence-electron chi connectivity index (χ4n) is 3.27. The molecule has 1 aliphatic rings. The number of aliphatic imine (C=N–C) groups is 1. The Morgan fingerprint density at radius 1 is 0.682 bits per heavy atom. The van der Waals surface area contributed by atoms with Crippen LogP contribution < -0.4 is 0 Å². The van der Waals surface area contributed by atoms with E-state index in [-0.39, 0.29) is 0 Å². The second-order valence-corrected chi connectivity index (χ2v) is 7.01. The van der Waals surface area contributed by atoms with Crippen LogP contribution in [0, 0.1) is 0 Å². The normalized spacial score (nSPS) is 14.1.